The summed E-state index contributed by atoms with van der Waals surface area (Å²) in [6.45, 7) is 5.56. The van der Waals surface area contributed by atoms with Crippen LogP contribution in [-0.2, 0) is 19.5 Å². The molecule has 248 valence electrons. The van der Waals surface area contributed by atoms with E-state index in [-0.39, 0.29) is 17.7 Å². The second-order valence-corrected chi connectivity index (χ2v) is 12.8. The van der Waals surface area contributed by atoms with Gasteiger partial charge in [-0.3, -0.25) is 14.3 Å². The summed E-state index contributed by atoms with van der Waals surface area (Å²) in [7, 11) is 0. The Labute approximate surface area is 285 Å². The van der Waals surface area contributed by atoms with Gasteiger partial charge >= 0.3 is 0 Å². The van der Waals surface area contributed by atoms with E-state index < -0.39 is 5.82 Å². The van der Waals surface area contributed by atoms with Gasteiger partial charge in [-0.05, 0) is 91.3 Å². The lowest BCUT2D eigenvalue weighted by Crippen LogP contribution is -2.31. The number of nitrogens with one attached hydrogen (secondary N) is 2. The number of pyridine rings is 1. The first-order valence-electron chi connectivity index (χ1n) is 17.0. The Bertz CT molecular complexity index is 2260. The fourth-order valence-corrected chi connectivity index (χ4v) is 6.43. The Balaban J connectivity index is 1.18. The van der Waals surface area contributed by atoms with Crippen LogP contribution in [0.1, 0.15) is 56.2 Å². The highest BCUT2D eigenvalue weighted by Gasteiger charge is 2.20. The van der Waals surface area contributed by atoms with E-state index in [2.05, 4.69) is 52.7 Å². The van der Waals surface area contributed by atoms with Gasteiger partial charge in [0.15, 0.2) is 0 Å². The van der Waals surface area contributed by atoms with Gasteiger partial charge in [0.25, 0.3) is 5.56 Å². The molecule has 2 N–H and O–H groups in total. The van der Waals surface area contributed by atoms with Crippen molar-refractivity contribution in [3.8, 4) is 11.4 Å². The van der Waals surface area contributed by atoms with Crippen molar-refractivity contribution in [3.05, 3.63) is 141 Å². The van der Waals surface area contributed by atoms with Gasteiger partial charge in [-0.1, -0.05) is 61.4 Å². The third kappa shape index (κ3) is 6.90. The quantitative estimate of drug-likeness (QED) is 0.137. The van der Waals surface area contributed by atoms with Crippen molar-refractivity contribution in [3.63, 3.8) is 0 Å². The van der Waals surface area contributed by atoms with Gasteiger partial charge in [-0.25, -0.2) is 9.37 Å². The first-order valence-corrected chi connectivity index (χ1v) is 17.0. The lowest BCUT2D eigenvalue weighted by molar-refractivity contribution is 0.589. The van der Waals surface area contributed by atoms with E-state index in [1.165, 1.54) is 23.4 Å². The van der Waals surface area contributed by atoms with Crippen molar-refractivity contribution < 1.29 is 8.81 Å². The van der Waals surface area contributed by atoms with Gasteiger partial charge in [-0.15, -0.1) is 0 Å². The first-order chi connectivity index (χ1) is 24.0. The summed E-state index contributed by atoms with van der Waals surface area (Å²) in [5.74, 6) is -0.126. The molecule has 0 spiro atoms. The van der Waals surface area contributed by atoms with Crippen molar-refractivity contribution in [2.24, 2.45) is 0 Å². The van der Waals surface area contributed by atoms with E-state index in [0.717, 1.165) is 76.4 Å². The molecule has 1 aliphatic carbocycles. The Hall–Kier alpha value is -5.50. The molecule has 49 heavy (non-hydrogen) atoms. The van der Waals surface area contributed by atoms with Crippen LogP contribution in [0.25, 0.3) is 39.4 Å². The van der Waals surface area contributed by atoms with Crippen LogP contribution in [0.15, 0.2) is 117 Å². The molecule has 7 rings (SSSR count). The minimum Gasteiger partial charge on any atom is -0.456 e. The Morgan fingerprint density at radius 3 is 2.63 bits per heavy atom. The van der Waals surface area contributed by atoms with E-state index in [1.807, 2.05) is 48.8 Å². The molecule has 8 heteroatoms. The minimum absolute atomic E-state index is 0.255. The third-order valence-electron chi connectivity index (χ3n) is 9.23. The number of hydrogen-bond donors (Lipinski definition) is 2. The van der Waals surface area contributed by atoms with E-state index >= 15 is 4.39 Å². The zero-order valence-electron chi connectivity index (χ0n) is 27.9. The lowest BCUT2D eigenvalue weighted by atomic mass is 9.90. The largest absolute Gasteiger partial charge is 0.456 e. The fraction of sp³-hybridized carbons (Fsp3) is 0.244. The van der Waals surface area contributed by atoms with Gasteiger partial charge < -0.3 is 15.1 Å². The molecule has 0 aliphatic heterocycles. The minimum atomic E-state index is -0.423. The van der Waals surface area contributed by atoms with Crippen LogP contribution in [0, 0.1) is 5.82 Å². The van der Waals surface area contributed by atoms with Crippen molar-refractivity contribution in [2.45, 2.75) is 59.0 Å². The van der Waals surface area contributed by atoms with Crippen molar-refractivity contribution in [1.29, 1.82) is 0 Å². The number of rotatable bonds is 12. The lowest BCUT2D eigenvalue weighted by Gasteiger charge is -2.25. The first kappa shape index (κ1) is 32.1. The van der Waals surface area contributed by atoms with Crippen LogP contribution in [0.3, 0.4) is 0 Å². The number of hydrogen-bond acceptors (Lipinski definition) is 6. The number of aryl methyl sites for hydroxylation is 1. The summed E-state index contributed by atoms with van der Waals surface area (Å²) in [5, 5.41) is 9.04. The molecule has 6 aromatic rings. The second kappa shape index (κ2) is 14.3. The molecule has 0 unspecified atom stereocenters. The van der Waals surface area contributed by atoms with Crippen LogP contribution >= 0.6 is 0 Å². The molecule has 0 radical (unpaired) electrons. The van der Waals surface area contributed by atoms with E-state index in [1.54, 1.807) is 22.8 Å². The molecule has 0 amide bonds. The van der Waals surface area contributed by atoms with Crippen LogP contribution in [0.5, 0.6) is 0 Å². The van der Waals surface area contributed by atoms with Gasteiger partial charge in [0.2, 0.25) is 0 Å². The Morgan fingerprint density at radius 2 is 1.82 bits per heavy atom. The summed E-state index contributed by atoms with van der Waals surface area (Å²) in [6.07, 6.45) is 12.6. The number of halogens is 1. The van der Waals surface area contributed by atoms with Crippen LogP contribution in [0.4, 0.5) is 10.1 Å². The molecule has 3 aromatic carbocycles. The van der Waals surface area contributed by atoms with E-state index in [0.29, 0.717) is 24.6 Å². The number of anilines is 1. The fourth-order valence-electron chi connectivity index (χ4n) is 6.43. The predicted molar refractivity (Wildman–Crippen MR) is 196 cm³/mol. The standard InChI is InChI=1S/C41H40FN5O2/c1-3-9-29-18-19-43-24-31(29)20-27(2)22-44-37(30-10-8-11-30)26-47-40(33-13-4-6-14-35(33)42)46-25-36(41(47)48)45-23-28-16-17-39-34(21-28)32-12-5-7-15-38(32)49-39/h4-7,12-21,24-25,44-45H,3,8-11,22-23,26H2,1-2H3/b27-20+. The number of para-hydroxylation sites is 1. The number of nitrogens with zero attached hydrogens (tertiary/aromatic N) is 3. The number of furan rings is 1. The molecule has 0 bridgehead atoms. The summed E-state index contributed by atoms with van der Waals surface area (Å²) >= 11 is 0. The van der Waals surface area contributed by atoms with Crippen molar-refractivity contribution in [2.75, 3.05) is 11.9 Å². The number of benzene rings is 3. The molecular formula is C41H40FN5O2. The molecule has 7 nitrogen and oxygen atoms in total. The SMILES string of the molecule is CCCc1ccncc1/C=C(\C)CNC(Cn1c(-c2ccccc2F)ncc(NCc2ccc3oc4ccccc4c3c2)c1=O)=C1CCC1. The molecule has 1 saturated carbocycles. The van der Waals surface area contributed by atoms with Crippen LogP contribution in [0.2, 0.25) is 0 Å². The highest BCUT2D eigenvalue weighted by atomic mass is 19.1. The summed E-state index contributed by atoms with van der Waals surface area (Å²) < 4.78 is 22.8. The average Bonchev–Trinajstić information content (AvgIpc) is 3.46. The highest BCUT2D eigenvalue weighted by molar-refractivity contribution is 6.05. The maximum absolute atomic E-state index is 15.2. The molecule has 3 heterocycles. The van der Waals surface area contributed by atoms with Gasteiger partial charge in [0.1, 0.15) is 28.5 Å². The highest BCUT2D eigenvalue weighted by Crippen LogP contribution is 2.31. The summed E-state index contributed by atoms with van der Waals surface area (Å²) in [5.41, 5.74) is 8.87. The summed E-state index contributed by atoms with van der Waals surface area (Å²) in [4.78, 5) is 23.3. The Kier molecular flexibility index (Phi) is 9.37. The topological polar surface area (TPSA) is 85.0 Å². The monoisotopic (exact) mass is 653 g/mol. The molecule has 1 fully saturated rings. The zero-order chi connectivity index (χ0) is 33.7. The normalized spacial score (nSPS) is 13.1. The molecule has 1 aliphatic rings. The van der Waals surface area contributed by atoms with Crippen LogP contribution < -0.4 is 16.2 Å². The maximum Gasteiger partial charge on any atom is 0.277 e. The molecular weight excluding hydrogens is 613 g/mol. The predicted octanol–water partition coefficient (Wildman–Crippen LogP) is 9.04. The summed E-state index contributed by atoms with van der Waals surface area (Å²) in [6, 6.07) is 22.6. The van der Waals surface area contributed by atoms with Gasteiger partial charge in [0.05, 0.1) is 18.3 Å². The molecule has 0 saturated heterocycles. The average molecular weight is 654 g/mol. The number of fused-ring (bicyclic) bond motifs is 3. The second-order valence-electron chi connectivity index (χ2n) is 12.8. The maximum atomic E-state index is 15.2. The number of aromatic nitrogens is 3. The van der Waals surface area contributed by atoms with E-state index in [4.69, 9.17) is 4.42 Å². The third-order valence-corrected chi connectivity index (χ3v) is 9.23. The van der Waals surface area contributed by atoms with Gasteiger partial charge in [-0.2, -0.15) is 0 Å². The Morgan fingerprint density at radius 1 is 1.00 bits per heavy atom. The van der Waals surface area contributed by atoms with Crippen LogP contribution in [-0.4, -0.2) is 21.1 Å². The zero-order valence-corrected chi connectivity index (χ0v) is 27.9. The molecule has 0 atom stereocenters. The van der Waals surface area contributed by atoms with Crippen molar-refractivity contribution >= 4 is 33.7 Å². The van der Waals surface area contributed by atoms with Gasteiger partial charge in [0, 0.05) is 42.0 Å². The smallest absolute Gasteiger partial charge is 0.277 e. The molecule has 3 aromatic heterocycles. The van der Waals surface area contributed by atoms with E-state index in [9.17, 15) is 4.79 Å². The van der Waals surface area contributed by atoms with Crippen molar-refractivity contribution in [1.82, 2.24) is 19.9 Å². The number of allylic oxidation sites excluding steroid dienone is 2.